The van der Waals surface area contributed by atoms with E-state index >= 15 is 0 Å². The summed E-state index contributed by atoms with van der Waals surface area (Å²) in [5.74, 6) is 0.759. The molecule has 6 aromatic carbocycles. The van der Waals surface area contributed by atoms with Crippen molar-refractivity contribution in [2.24, 2.45) is 0 Å². The third kappa shape index (κ3) is 9.95. The highest BCUT2D eigenvalue weighted by Crippen LogP contribution is 2.34. The molecule has 8 rings (SSSR count). The number of benzene rings is 6. The summed E-state index contributed by atoms with van der Waals surface area (Å²) < 4.78 is 30.2. The maximum Gasteiger partial charge on any atom is 0.293 e. The number of nitrogens with one attached hydrogen (secondary N) is 2. The minimum Gasteiger partial charge on any atom is -0.376 e. The molecule has 0 aliphatic carbocycles. The predicted molar refractivity (Wildman–Crippen MR) is 248 cm³/mol. The van der Waals surface area contributed by atoms with Gasteiger partial charge in [0.2, 0.25) is 0 Å². The van der Waals surface area contributed by atoms with Crippen LogP contribution in [0.5, 0.6) is 0 Å². The zero-order valence-corrected chi connectivity index (χ0v) is 35.8. The van der Waals surface area contributed by atoms with Crippen molar-refractivity contribution in [2.45, 2.75) is 28.8 Å². The van der Waals surface area contributed by atoms with Gasteiger partial charge in [-0.15, -0.1) is 11.8 Å². The number of hydrogen-bond donors (Lipinski definition) is 2. The molecule has 0 bridgehead atoms. The Labute approximate surface area is 360 Å². The van der Waals surface area contributed by atoms with Crippen LogP contribution >= 0.6 is 11.8 Å². The maximum atomic E-state index is 13.8. The zero-order valence-electron chi connectivity index (χ0n) is 34.1. The first-order valence-corrected chi connectivity index (χ1v) is 22.8. The molecule has 0 saturated carbocycles. The molecule has 312 valence electrons. The number of nitro groups is 1. The highest BCUT2D eigenvalue weighted by atomic mass is 32.2. The average molecular weight is 853 g/mol. The number of fused-ring (bicyclic) bond motifs is 2. The molecule has 1 fully saturated rings. The Bertz CT molecular complexity index is 2760. The van der Waals surface area contributed by atoms with E-state index in [9.17, 15) is 18.5 Å². The normalized spacial score (nSPS) is 14.0. The van der Waals surface area contributed by atoms with Crippen LogP contribution < -0.4 is 14.9 Å². The standard InChI is InChI=1S/C47H48N8O4S2/c1-52(2)24-23-36(32-60-38-14-4-3-5-15-38)50-44-22-20-39(30-46(44)55(56)57)61(58,59)51-47-43-21-19-37(29-45(43)48-33-49-47)54-27-25-53(26-28-54)31-35-12-7-9-17-41(35)42-18-10-13-34-11-6-8-16-40(34)42/h3-22,29-30,33,36,50H,23-28,31-32H2,1-2H3,(H,48,49,51)/t36-/m1/s1. The lowest BCUT2D eigenvalue weighted by atomic mass is 9.94. The number of thioether (sulfide) groups is 1. The molecule has 61 heavy (non-hydrogen) atoms. The number of nitro benzene ring substituents is 1. The zero-order chi connectivity index (χ0) is 42.3. The van der Waals surface area contributed by atoms with Crippen molar-refractivity contribution in [3.8, 4) is 11.1 Å². The van der Waals surface area contributed by atoms with Gasteiger partial charge in [-0.2, -0.15) is 0 Å². The largest absolute Gasteiger partial charge is 0.376 e. The number of hydrogen-bond acceptors (Lipinski definition) is 11. The van der Waals surface area contributed by atoms with Gasteiger partial charge in [-0.1, -0.05) is 84.9 Å². The lowest BCUT2D eigenvalue weighted by molar-refractivity contribution is -0.384. The van der Waals surface area contributed by atoms with Gasteiger partial charge in [0.05, 0.1) is 15.3 Å². The monoisotopic (exact) mass is 852 g/mol. The molecule has 0 spiro atoms. The van der Waals surface area contributed by atoms with Crippen LogP contribution in [0.2, 0.25) is 0 Å². The fourth-order valence-electron chi connectivity index (χ4n) is 7.79. The van der Waals surface area contributed by atoms with Crippen LogP contribution in [0.4, 0.5) is 22.9 Å². The van der Waals surface area contributed by atoms with Gasteiger partial charge in [-0.25, -0.2) is 18.4 Å². The molecular formula is C47H48N8O4S2. The van der Waals surface area contributed by atoms with E-state index in [1.165, 1.54) is 45.9 Å². The third-order valence-electron chi connectivity index (χ3n) is 11.0. The Morgan fingerprint density at radius 1 is 0.803 bits per heavy atom. The van der Waals surface area contributed by atoms with Crippen molar-refractivity contribution in [3.63, 3.8) is 0 Å². The van der Waals surface area contributed by atoms with Crippen molar-refractivity contribution < 1.29 is 13.3 Å². The molecule has 1 saturated heterocycles. The second-order valence-corrected chi connectivity index (χ2v) is 18.2. The molecule has 14 heteroatoms. The van der Waals surface area contributed by atoms with E-state index in [1.54, 1.807) is 11.8 Å². The summed E-state index contributed by atoms with van der Waals surface area (Å²) in [6.07, 6.45) is 2.05. The summed E-state index contributed by atoms with van der Waals surface area (Å²) >= 11 is 1.66. The van der Waals surface area contributed by atoms with Crippen molar-refractivity contribution in [1.29, 1.82) is 0 Å². The number of rotatable bonds is 16. The second kappa shape index (κ2) is 18.7. The van der Waals surface area contributed by atoms with Gasteiger partial charge in [-0.3, -0.25) is 19.7 Å². The number of aromatic nitrogens is 2. The van der Waals surface area contributed by atoms with Crippen molar-refractivity contribution in [2.75, 3.05) is 67.5 Å². The van der Waals surface area contributed by atoms with E-state index in [4.69, 9.17) is 0 Å². The third-order valence-corrected chi connectivity index (χ3v) is 13.5. The highest BCUT2D eigenvalue weighted by Gasteiger charge is 2.25. The predicted octanol–water partition coefficient (Wildman–Crippen LogP) is 9.01. The van der Waals surface area contributed by atoms with Crippen LogP contribution in [-0.4, -0.2) is 91.7 Å². The summed E-state index contributed by atoms with van der Waals surface area (Å²) in [5, 5.41) is 18.7. The van der Waals surface area contributed by atoms with Gasteiger partial charge in [0.25, 0.3) is 15.7 Å². The van der Waals surface area contributed by atoms with Crippen LogP contribution in [0, 0.1) is 10.1 Å². The minimum atomic E-state index is -4.27. The van der Waals surface area contributed by atoms with E-state index in [-0.39, 0.29) is 28.1 Å². The SMILES string of the molecule is CN(C)CC[C@H](CSc1ccccc1)Nc1ccc(S(=O)(=O)Nc2ncnc3cc(N4CCN(Cc5ccccc5-c5cccc6ccccc56)CC4)ccc23)cc1[N+](=O)[O-]. The molecule has 2 heterocycles. The summed E-state index contributed by atoms with van der Waals surface area (Å²) in [6.45, 7) is 5.00. The summed E-state index contributed by atoms with van der Waals surface area (Å²) in [4.78, 5) is 28.3. The van der Waals surface area contributed by atoms with Crippen LogP contribution in [0.3, 0.4) is 0 Å². The van der Waals surface area contributed by atoms with Gasteiger partial charge in [0, 0.05) is 66.6 Å². The van der Waals surface area contributed by atoms with Gasteiger partial charge < -0.3 is 15.1 Å². The highest BCUT2D eigenvalue weighted by molar-refractivity contribution is 7.99. The van der Waals surface area contributed by atoms with Crippen molar-refractivity contribution in [3.05, 3.63) is 155 Å². The number of anilines is 3. The van der Waals surface area contributed by atoms with Crippen molar-refractivity contribution >= 4 is 66.3 Å². The summed E-state index contributed by atoms with van der Waals surface area (Å²) in [7, 11) is -0.308. The van der Waals surface area contributed by atoms with E-state index in [1.807, 2.05) is 62.6 Å². The van der Waals surface area contributed by atoms with E-state index < -0.39 is 14.9 Å². The Hall–Kier alpha value is -6.06. The van der Waals surface area contributed by atoms with Gasteiger partial charge in [0.1, 0.15) is 12.0 Å². The average Bonchev–Trinajstić information content (AvgIpc) is 3.27. The molecule has 0 unspecified atom stereocenters. The quantitative estimate of drug-likeness (QED) is 0.0548. The fourth-order valence-corrected chi connectivity index (χ4v) is 9.83. The van der Waals surface area contributed by atoms with Crippen LogP contribution in [0.1, 0.15) is 12.0 Å². The fraction of sp³-hybridized carbons (Fsp3) is 0.234. The first kappa shape index (κ1) is 41.7. The van der Waals surface area contributed by atoms with Crippen molar-refractivity contribution in [1.82, 2.24) is 19.8 Å². The lowest BCUT2D eigenvalue weighted by Gasteiger charge is -2.36. The van der Waals surface area contributed by atoms with Gasteiger partial charge >= 0.3 is 0 Å². The minimum absolute atomic E-state index is 0.0952. The molecule has 2 N–H and O–H groups in total. The molecule has 1 aromatic heterocycles. The van der Waals surface area contributed by atoms with Gasteiger partial charge in [-0.05, 0) is 97.0 Å². The first-order chi connectivity index (χ1) is 29.6. The topological polar surface area (TPSA) is 137 Å². The molecule has 1 aliphatic rings. The molecular weight excluding hydrogens is 805 g/mol. The molecule has 1 atom stereocenters. The van der Waals surface area contributed by atoms with Gasteiger partial charge in [0.15, 0.2) is 5.82 Å². The second-order valence-electron chi connectivity index (χ2n) is 15.5. The Balaban J connectivity index is 0.940. The van der Waals surface area contributed by atoms with E-state index in [0.29, 0.717) is 16.7 Å². The first-order valence-electron chi connectivity index (χ1n) is 20.3. The number of nitrogens with zero attached hydrogens (tertiary/aromatic N) is 6. The molecule has 1 aliphatic heterocycles. The molecule has 0 radical (unpaired) electrons. The smallest absolute Gasteiger partial charge is 0.293 e. The number of piperazine rings is 1. The Kier molecular flexibility index (Phi) is 12.8. The van der Waals surface area contributed by atoms with E-state index in [0.717, 1.165) is 62.3 Å². The van der Waals surface area contributed by atoms with Crippen LogP contribution in [0.15, 0.2) is 150 Å². The molecule has 7 aromatic rings. The number of sulfonamides is 1. The Morgan fingerprint density at radius 3 is 2.34 bits per heavy atom. The van der Waals surface area contributed by atoms with E-state index in [2.05, 4.69) is 101 Å². The summed E-state index contributed by atoms with van der Waals surface area (Å²) in [6, 6.07) is 43.2. The lowest BCUT2D eigenvalue weighted by Crippen LogP contribution is -2.46. The Morgan fingerprint density at radius 2 is 1.54 bits per heavy atom. The molecule has 12 nitrogen and oxygen atoms in total. The van der Waals surface area contributed by atoms with Crippen LogP contribution in [-0.2, 0) is 16.6 Å². The van der Waals surface area contributed by atoms with Crippen LogP contribution in [0.25, 0.3) is 32.8 Å². The maximum absolute atomic E-state index is 13.8. The summed E-state index contributed by atoms with van der Waals surface area (Å²) in [5.41, 5.74) is 5.29. The molecule has 0 amide bonds.